The van der Waals surface area contributed by atoms with Crippen LogP contribution in [-0.4, -0.2) is 20.1 Å². The normalized spacial score (nSPS) is 12.4. The van der Waals surface area contributed by atoms with E-state index in [1.165, 1.54) is 0 Å². The number of para-hydroxylation sites is 2. The minimum absolute atomic E-state index is 0.217. The summed E-state index contributed by atoms with van der Waals surface area (Å²) in [5.41, 5.74) is 1.93. The van der Waals surface area contributed by atoms with Crippen molar-refractivity contribution >= 4 is 11.0 Å². The molecule has 1 atom stereocenters. The lowest BCUT2D eigenvalue weighted by atomic mass is 10.1. The third-order valence-electron chi connectivity index (χ3n) is 3.24. The van der Waals surface area contributed by atoms with Crippen molar-refractivity contribution < 1.29 is 4.52 Å². The number of rotatable bonds is 5. The largest absolute Gasteiger partial charge is 0.342 e. The van der Waals surface area contributed by atoms with Crippen molar-refractivity contribution in [1.29, 1.82) is 5.26 Å². The second-order valence-electron chi connectivity index (χ2n) is 5.15. The van der Waals surface area contributed by atoms with Crippen LogP contribution in [0.15, 0.2) is 28.8 Å². The molecule has 1 unspecified atom stereocenters. The van der Waals surface area contributed by atoms with Gasteiger partial charge in [0.1, 0.15) is 5.82 Å². The number of fused-ring (bicyclic) bond motifs is 1. The zero-order valence-electron chi connectivity index (χ0n) is 11.7. The number of benzene rings is 1. The molecule has 0 radical (unpaired) electrons. The van der Waals surface area contributed by atoms with E-state index < -0.39 is 0 Å². The zero-order valence-corrected chi connectivity index (χ0v) is 11.7. The first-order chi connectivity index (χ1) is 10.2. The van der Waals surface area contributed by atoms with Crippen LogP contribution in [0.2, 0.25) is 0 Å². The van der Waals surface area contributed by atoms with Crippen LogP contribution in [0.3, 0.4) is 0 Å². The van der Waals surface area contributed by atoms with E-state index in [9.17, 15) is 0 Å². The summed E-state index contributed by atoms with van der Waals surface area (Å²) in [4.78, 5) is 12.1. The predicted molar refractivity (Wildman–Crippen MR) is 76.3 cm³/mol. The molecule has 2 aromatic heterocycles. The summed E-state index contributed by atoms with van der Waals surface area (Å²) in [5.74, 6) is 2.21. The number of nitriles is 1. The summed E-state index contributed by atoms with van der Waals surface area (Å²) in [7, 11) is 0. The molecule has 0 aliphatic carbocycles. The number of nitrogens with one attached hydrogen (secondary N) is 1. The predicted octanol–water partition coefficient (Wildman–Crippen LogP) is 2.63. The highest BCUT2D eigenvalue weighted by Gasteiger charge is 2.12. The quantitative estimate of drug-likeness (QED) is 0.776. The highest BCUT2D eigenvalue weighted by Crippen LogP contribution is 2.14. The van der Waals surface area contributed by atoms with Crippen LogP contribution in [0.25, 0.3) is 11.0 Å². The van der Waals surface area contributed by atoms with Gasteiger partial charge < -0.3 is 9.51 Å². The molecule has 0 fully saturated rings. The SMILES string of the molecule is CC(CC#N)Cc1nc(Cc2nc3ccccc3[nH]2)no1. The second kappa shape index (κ2) is 5.75. The Morgan fingerprint density at radius 2 is 2.19 bits per heavy atom. The highest BCUT2D eigenvalue weighted by molar-refractivity contribution is 5.74. The maximum absolute atomic E-state index is 8.65. The van der Waals surface area contributed by atoms with E-state index in [1.807, 2.05) is 31.2 Å². The fourth-order valence-electron chi connectivity index (χ4n) is 2.21. The van der Waals surface area contributed by atoms with Crippen molar-refractivity contribution in [2.24, 2.45) is 5.92 Å². The van der Waals surface area contributed by atoms with Gasteiger partial charge >= 0.3 is 0 Å². The Morgan fingerprint density at radius 1 is 1.33 bits per heavy atom. The van der Waals surface area contributed by atoms with Crippen LogP contribution in [-0.2, 0) is 12.8 Å². The van der Waals surface area contributed by atoms with Gasteiger partial charge in [-0.15, -0.1) is 0 Å². The first kappa shape index (κ1) is 13.3. The molecular formula is C15H15N5O. The lowest BCUT2D eigenvalue weighted by Crippen LogP contribution is -1.99. The van der Waals surface area contributed by atoms with E-state index >= 15 is 0 Å². The summed E-state index contributed by atoms with van der Waals surface area (Å²) < 4.78 is 5.22. The number of aromatic nitrogens is 4. The van der Waals surface area contributed by atoms with E-state index in [2.05, 4.69) is 26.2 Å². The standard InChI is InChI=1S/C15H15N5O/c1-10(6-7-16)8-15-19-14(20-21-15)9-13-17-11-4-2-3-5-12(11)18-13/h2-5,10H,6,8-9H2,1H3,(H,17,18). The second-order valence-corrected chi connectivity index (χ2v) is 5.15. The van der Waals surface area contributed by atoms with Crippen molar-refractivity contribution in [2.45, 2.75) is 26.2 Å². The van der Waals surface area contributed by atoms with Crippen LogP contribution in [0.1, 0.15) is 30.9 Å². The third kappa shape index (κ3) is 3.08. The van der Waals surface area contributed by atoms with Gasteiger partial charge in [0.05, 0.1) is 23.5 Å². The molecule has 1 N–H and O–H groups in total. The van der Waals surface area contributed by atoms with E-state index in [0.29, 0.717) is 31.0 Å². The lowest BCUT2D eigenvalue weighted by molar-refractivity contribution is 0.355. The molecule has 3 rings (SSSR count). The van der Waals surface area contributed by atoms with Crippen molar-refractivity contribution in [3.05, 3.63) is 41.8 Å². The number of hydrogen-bond acceptors (Lipinski definition) is 5. The fraction of sp³-hybridized carbons (Fsp3) is 0.333. The van der Waals surface area contributed by atoms with Gasteiger partial charge in [-0.25, -0.2) is 4.98 Å². The average molecular weight is 281 g/mol. The van der Waals surface area contributed by atoms with Crippen LogP contribution in [0.5, 0.6) is 0 Å². The van der Waals surface area contributed by atoms with Gasteiger partial charge in [-0.2, -0.15) is 10.2 Å². The van der Waals surface area contributed by atoms with Gasteiger partial charge in [-0.1, -0.05) is 24.2 Å². The average Bonchev–Trinajstić information content (AvgIpc) is 3.05. The van der Waals surface area contributed by atoms with Gasteiger partial charge in [0.25, 0.3) is 0 Å². The molecule has 0 saturated carbocycles. The molecule has 2 heterocycles. The van der Waals surface area contributed by atoms with E-state index in [-0.39, 0.29) is 5.92 Å². The van der Waals surface area contributed by atoms with Crippen molar-refractivity contribution in [3.63, 3.8) is 0 Å². The van der Waals surface area contributed by atoms with E-state index in [4.69, 9.17) is 9.78 Å². The summed E-state index contributed by atoms with van der Waals surface area (Å²) >= 11 is 0. The van der Waals surface area contributed by atoms with Crippen LogP contribution in [0, 0.1) is 17.2 Å². The lowest BCUT2D eigenvalue weighted by Gasteiger charge is -2.00. The fourth-order valence-corrected chi connectivity index (χ4v) is 2.21. The summed E-state index contributed by atoms with van der Waals surface area (Å²) in [6.07, 6.45) is 1.62. The van der Waals surface area contributed by atoms with Gasteiger partial charge in [0.2, 0.25) is 5.89 Å². The van der Waals surface area contributed by atoms with Gasteiger partial charge in [-0.3, -0.25) is 0 Å². The molecule has 0 aliphatic heterocycles. The molecule has 6 heteroatoms. The minimum Gasteiger partial charge on any atom is -0.342 e. The molecule has 1 aromatic carbocycles. The highest BCUT2D eigenvalue weighted by atomic mass is 16.5. The van der Waals surface area contributed by atoms with Gasteiger partial charge in [0, 0.05) is 12.8 Å². The molecule has 0 bridgehead atoms. The molecule has 0 spiro atoms. The van der Waals surface area contributed by atoms with Crippen LogP contribution in [0.4, 0.5) is 0 Å². The Kier molecular flexibility index (Phi) is 3.65. The first-order valence-electron chi connectivity index (χ1n) is 6.86. The Morgan fingerprint density at radius 3 is 3.00 bits per heavy atom. The third-order valence-corrected chi connectivity index (χ3v) is 3.24. The van der Waals surface area contributed by atoms with E-state index in [1.54, 1.807) is 0 Å². The smallest absolute Gasteiger partial charge is 0.226 e. The van der Waals surface area contributed by atoms with E-state index in [0.717, 1.165) is 16.9 Å². The summed E-state index contributed by atoms with van der Waals surface area (Å²) in [6, 6.07) is 10.0. The zero-order chi connectivity index (χ0) is 14.7. The Labute approximate surface area is 121 Å². The van der Waals surface area contributed by atoms with Crippen LogP contribution >= 0.6 is 0 Å². The van der Waals surface area contributed by atoms with Crippen molar-refractivity contribution in [2.75, 3.05) is 0 Å². The summed E-state index contributed by atoms with van der Waals surface area (Å²) in [5, 5.41) is 12.6. The molecule has 21 heavy (non-hydrogen) atoms. The van der Waals surface area contributed by atoms with Crippen molar-refractivity contribution in [1.82, 2.24) is 20.1 Å². The molecule has 3 aromatic rings. The minimum atomic E-state index is 0.217. The Hall–Kier alpha value is -2.68. The molecule has 106 valence electrons. The molecule has 6 nitrogen and oxygen atoms in total. The molecule has 0 saturated heterocycles. The number of imidazole rings is 1. The van der Waals surface area contributed by atoms with Crippen LogP contribution < -0.4 is 0 Å². The van der Waals surface area contributed by atoms with Gasteiger partial charge in [0.15, 0.2) is 5.82 Å². The molecule has 0 aliphatic rings. The molecule has 0 amide bonds. The number of hydrogen-bond donors (Lipinski definition) is 1. The maximum Gasteiger partial charge on any atom is 0.226 e. The number of aromatic amines is 1. The summed E-state index contributed by atoms with van der Waals surface area (Å²) in [6.45, 7) is 1.99. The monoisotopic (exact) mass is 281 g/mol. The van der Waals surface area contributed by atoms with Gasteiger partial charge in [-0.05, 0) is 18.1 Å². The van der Waals surface area contributed by atoms with Crippen molar-refractivity contribution in [3.8, 4) is 6.07 Å². The number of H-pyrrole nitrogens is 1. The topological polar surface area (TPSA) is 91.4 Å². The first-order valence-corrected chi connectivity index (χ1v) is 6.86. The maximum atomic E-state index is 8.65. The Bertz CT molecular complexity index is 750. The molecular weight excluding hydrogens is 266 g/mol. The Balaban J connectivity index is 1.70. The number of nitrogens with zero attached hydrogens (tertiary/aromatic N) is 4.